The molecule has 1 aliphatic rings. The molecule has 0 aliphatic carbocycles. The Hall–Kier alpha value is -3.02. The Labute approximate surface area is 165 Å². The highest BCUT2D eigenvalue weighted by Gasteiger charge is 2.34. The molecule has 1 atom stereocenters. The maximum atomic E-state index is 12.5. The second kappa shape index (κ2) is 8.78. The summed E-state index contributed by atoms with van der Waals surface area (Å²) < 4.78 is 10.6. The molecule has 2 amide bonds. The summed E-state index contributed by atoms with van der Waals surface area (Å²) in [6.07, 6.45) is 0.243. The van der Waals surface area contributed by atoms with Crippen LogP contribution in [0.2, 0.25) is 0 Å². The van der Waals surface area contributed by atoms with Crippen LogP contribution in [0.4, 0.5) is 0 Å². The van der Waals surface area contributed by atoms with Gasteiger partial charge in [-0.3, -0.25) is 9.59 Å². The van der Waals surface area contributed by atoms with Crippen LogP contribution in [0.25, 0.3) is 0 Å². The van der Waals surface area contributed by atoms with Crippen LogP contribution in [-0.2, 0) is 22.7 Å². The predicted octanol–water partition coefficient (Wildman–Crippen LogP) is 2.68. The Morgan fingerprint density at radius 2 is 1.89 bits per heavy atom. The number of hydrogen-bond acceptors (Lipinski definition) is 4. The van der Waals surface area contributed by atoms with Crippen LogP contribution in [0, 0.1) is 12.8 Å². The van der Waals surface area contributed by atoms with Crippen LogP contribution in [0.1, 0.15) is 23.1 Å². The Morgan fingerprint density at radius 1 is 1.11 bits per heavy atom. The molecule has 1 fully saturated rings. The second-order valence-corrected chi connectivity index (χ2v) is 7.07. The summed E-state index contributed by atoms with van der Waals surface area (Å²) >= 11 is 0. The molecule has 1 unspecified atom stereocenters. The zero-order valence-electron chi connectivity index (χ0n) is 16.5. The number of likely N-dealkylation sites (tertiary alicyclic amines) is 1. The predicted molar refractivity (Wildman–Crippen MR) is 106 cm³/mol. The molecule has 0 bridgehead atoms. The molecule has 0 spiro atoms. The third-order valence-electron chi connectivity index (χ3n) is 4.96. The molecule has 2 aromatic carbocycles. The number of nitrogens with zero attached hydrogens (tertiary/aromatic N) is 1. The fourth-order valence-electron chi connectivity index (χ4n) is 3.46. The fraction of sp³-hybridized carbons (Fsp3) is 0.364. The number of nitrogens with one attached hydrogen (secondary N) is 1. The molecule has 2 aromatic rings. The highest BCUT2D eigenvalue weighted by molar-refractivity contribution is 5.89. The van der Waals surface area contributed by atoms with Crippen molar-refractivity contribution in [2.45, 2.75) is 26.4 Å². The van der Waals surface area contributed by atoms with E-state index in [1.165, 1.54) is 0 Å². The number of hydrogen-bond donors (Lipinski definition) is 1. The molecule has 6 heteroatoms. The van der Waals surface area contributed by atoms with Gasteiger partial charge in [0.25, 0.3) is 0 Å². The van der Waals surface area contributed by atoms with Crippen molar-refractivity contribution in [2.24, 2.45) is 5.92 Å². The lowest BCUT2D eigenvalue weighted by atomic mass is 10.1. The van der Waals surface area contributed by atoms with Gasteiger partial charge in [-0.2, -0.15) is 0 Å². The van der Waals surface area contributed by atoms with Crippen LogP contribution >= 0.6 is 0 Å². The first-order valence-corrected chi connectivity index (χ1v) is 9.32. The summed E-state index contributed by atoms with van der Waals surface area (Å²) in [4.78, 5) is 26.6. The van der Waals surface area contributed by atoms with Gasteiger partial charge in [-0.25, -0.2) is 0 Å². The molecule has 1 saturated heterocycles. The molecule has 1 heterocycles. The van der Waals surface area contributed by atoms with Crippen molar-refractivity contribution in [1.29, 1.82) is 0 Å². The third-order valence-corrected chi connectivity index (χ3v) is 4.96. The van der Waals surface area contributed by atoms with Gasteiger partial charge in [0.05, 0.1) is 20.1 Å². The van der Waals surface area contributed by atoms with Gasteiger partial charge < -0.3 is 19.7 Å². The van der Waals surface area contributed by atoms with Crippen LogP contribution in [-0.4, -0.2) is 37.5 Å². The van der Waals surface area contributed by atoms with Gasteiger partial charge in [-0.15, -0.1) is 0 Å². The highest BCUT2D eigenvalue weighted by Crippen LogP contribution is 2.29. The number of carbonyl (C=O) groups is 2. The Balaban J connectivity index is 1.58. The molecule has 6 nitrogen and oxygen atoms in total. The smallest absolute Gasteiger partial charge is 0.225 e. The van der Waals surface area contributed by atoms with Gasteiger partial charge in [-0.1, -0.05) is 35.9 Å². The van der Waals surface area contributed by atoms with E-state index < -0.39 is 0 Å². The number of rotatable bonds is 7. The van der Waals surface area contributed by atoms with E-state index >= 15 is 0 Å². The van der Waals surface area contributed by atoms with Crippen LogP contribution < -0.4 is 14.8 Å². The van der Waals surface area contributed by atoms with E-state index in [0.717, 1.165) is 16.7 Å². The molecule has 1 N–H and O–H groups in total. The largest absolute Gasteiger partial charge is 0.493 e. The monoisotopic (exact) mass is 382 g/mol. The fourth-order valence-corrected chi connectivity index (χ4v) is 3.46. The molecule has 0 radical (unpaired) electrons. The Morgan fingerprint density at radius 3 is 2.61 bits per heavy atom. The van der Waals surface area contributed by atoms with Crippen molar-refractivity contribution in [2.75, 3.05) is 20.8 Å². The van der Waals surface area contributed by atoms with Crippen molar-refractivity contribution >= 4 is 11.8 Å². The van der Waals surface area contributed by atoms with Crippen molar-refractivity contribution in [3.63, 3.8) is 0 Å². The van der Waals surface area contributed by atoms with Gasteiger partial charge in [0.1, 0.15) is 0 Å². The first-order chi connectivity index (χ1) is 13.5. The first kappa shape index (κ1) is 19.7. The van der Waals surface area contributed by atoms with E-state index in [9.17, 15) is 9.59 Å². The third kappa shape index (κ3) is 4.63. The van der Waals surface area contributed by atoms with Crippen LogP contribution in [0.5, 0.6) is 11.5 Å². The molecule has 1 aliphatic heterocycles. The summed E-state index contributed by atoms with van der Waals surface area (Å²) in [5.41, 5.74) is 3.15. The number of benzene rings is 2. The van der Waals surface area contributed by atoms with E-state index in [1.54, 1.807) is 19.1 Å². The quantitative estimate of drug-likeness (QED) is 0.799. The van der Waals surface area contributed by atoms with Crippen molar-refractivity contribution in [3.8, 4) is 11.5 Å². The second-order valence-electron chi connectivity index (χ2n) is 7.07. The van der Waals surface area contributed by atoms with E-state index in [1.807, 2.05) is 49.4 Å². The summed E-state index contributed by atoms with van der Waals surface area (Å²) in [6.45, 7) is 3.36. The topological polar surface area (TPSA) is 67.9 Å². The van der Waals surface area contributed by atoms with Gasteiger partial charge in [0.2, 0.25) is 11.8 Å². The Kier molecular flexibility index (Phi) is 6.19. The number of aryl methyl sites for hydroxylation is 1. The lowest BCUT2D eigenvalue weighted by Crippen LogP contribution is -2.32. The SMILES string of the molecule is COc1ccc(CN2CC(C(=O)NCc3cccc(C)c3)CC2=O)cc1OC. The van der Waals surface area contributed by atoms with E-state index in [-0.39, 0.29) is 24.2 Å². The van der Waals surface area contributed by atoms with Crippen molar-refractivity contribution in [3.05, 3.63) is 59.2 Å². The van der Waals surface area contributed by atoms with Gasteiger partial charge in [0.15, 0.2) is 11.5 Å². The zero-order valence-corrected chi connectivity index (χ0v) is 16.5. The standard InChI is InChI=1S/C22H26N2O4/c1-15-5-4-6-16(9-15)12-23-22(26)18-11-21(25)24(14-18)13-17-7-8-19(27-2)20(10-17)28-3/h4-10,18H,11-14H2,1-3H3,(H,23,26). The van der Waals surface area contributed by atoms with Crippen molar-refractivity contribution in [1.82, 2.24) is 10.2 Å². The first-order valence-electron chi connectivity index (χ1n) is 9.32. The van der Waals surface area contributed by atoms with E-state index in [0.29, 0.717) is 31.1 Å². The minimum atomic E-state index is -0.322. The molecule has 3 rings (SSSR count). The average molecular weight is 382 g/mol. The molecule has 28 heavy (non-hydrogen) atoms. The summed E-state index contributed by atoms with van der Waals surface area (Å²) in [7, 11) is 3.17. The maximum Gasteiger partial charge on any atom is 0.225 e. The van der Waals surface area contributed by atoms with Crippen LogP contribution in [0.15, 0.2) is 42.5 Å². The maximum absolute atomic E-state index is 12.5. The zero-order chi connectivity index (χ0) is 20.1. The molecule has 0 aromatic heterocycles. The molecular weight excluding hydrogens is 356 g/mol. The number of ether oxygens (including phenoxy) is 2. The molecular formula is C22H26N2O4. The van der Waals surface area contributed by atoms with Crippen molar-refractivity contribution < 1.29 is 19.1 Å². The summed E-state index contributed by atoms with van der Waals surface area (Å²) in [5.74, 6) is 0.860. The minimum Gasteiger partial charge on any atom is -0.493 e. The van der Waals surface area contributed by atoms with Gasteiger partial charge >= 0.3 is 0 Å². The van der Waals surface area contributed by atoms with E-state index in [2.05, 4.69) is 5.32 Å². The van der Waals surface area contributed by atoms with Crippen LogP contribution in [0.3, 0.4) is 0 Å². The number of carbonyl (C=O) groups excluding carboxylic acids is 2. The number of amides is 2. The lowest BCUT2D eigenvalue weighted by molar-refractivity contribution is -0.129. The Bertz CT molecular complexity index is 865. The number of methoxy groups -OCH3 is 2. The molecule has 0 saturated carbocycles. The van der Waals surface area contributed by atoms with Gasteiger partial charge in [-0.05, 0) is 30.2 Å². The average Bonchev–Trinajstić information content (AvgIpc) is 3.06. The van der Waals surface area contributed by atoms with Gasteiger partial charge in [0, 0.05) is 26.1 Å². The molecule has 148 valence electrons. The minimum absolute atomic E-state index is 0.00881. The lowest BCUT2D eigenvalue weighted by Gasteiger charge is -2.18. The summed E-state index contributed by atoms with van der Waals surface area (Å²) in [5, 5.41) is 2.95. The van der Waals surface area contributed by atoms with E-state index in [4.69, 9.17) is 9.47 Å². The summed E-state index contributed by atoms with van der Waals surface area (Å²) in [6, 6.07) is 13.6. The normalized spacial score (nSPS) is 16.2. The highest BCUT2D eigenvalue weighted by atomic mass is 16.5.